The molecule has 0 saturated carbocycles. The van der Waals surface area contributed by atoms with Crippen molar-refractivity contribution in [2.45, 2.75) is 18.8 Å². The van der Waals surface area contributed by atoms with Crippen LogP contribution in [0.4, 0.5) is 22.7 Å². The fourth-order valence-electron chi connectivity index (χ4n) is 9.23. The predicted molar refractivity (Wildman–Crippen MR) is 271 cm³/mol. The Morgan fingerprint density at radius 1 is 0.469 bits per heavy atom. The zero-order chi connectivity index (χ0) is 43.1. The number of allylic oxidation sites excluding steroid dienone is 4. The van der Waals surface area contributed by atoms with Crippen molar-refractivity contribution in [1.82, 2.24) is 0 Å². The van der Waals surface area contributed by atoms with Gasteiger partial charge in [0.25, 0.3) is 0 Å². The van der Waals surface area contributed by atoms with Gasteiger partial charge < -0.3 is 10.2 Å². The zero-order valence-corrected chi connectivity index (χ0v) is 36.1. The van der Waals surface area contributed by atoms with Gasteiger partial charge in [-0.15, -0.1) is 0 Å². The summed E-state index contributed by atoms with van der Waals surface area (Å²) in [5.74, 6) is 0.608. The largest absolute Gasteiger partial charge is 0.355 e. The summed E-state index contributed by atoms with van der Waals surface area (Å²) in [6, 6.07) is 84.3. The Kier molecular flexibility index (Phi) is 11.4. The number of nitrogens with zero attached hydrogens (tertiary/aromatic N) is 1. The molecule has 9 aromatic rings. The van der Waals surface area contributed by atoms with Crippen LogP contribution in [0.1, 0.15) is 41.2 Å². The first kappa shape index (κ1) is 40.2. The van der Waals surface area contributed by atoms with Gasteiger partial charge >= 0.3 is 0 Å². The number of hydrogen-bond acceptors (Lipinski definition) is 2. The molecule has 0 amide bonds. The van der Waals surface area contributed by atoms with E-state index in [-0.39, 0.29) is 0 Å². The molecule has 0 saturated heterocycles. The molecule has 2 nitrogen and oxygen atoms in total. The van der Waals surface area contributed by atoms with Gasteiger partial charge in [0.15, 0.2) is 0 Å². The average molecular weight is 823 g/mol. The first-order valence-electron chi connectivity index (χ1n) is 22.3. The molecule has 2 aliphatic rings. The maximum Gasteiger partial charge on any atom is 0.0648 e. The van der Waals surface area contributed by atoms with E-state index in [2.05, 4.69) is 278 Å². The van der Waals surface area contributed by atoms with E-state index < -0.39 is 5.41 Å². The molecule has 0 spiro atoms. The molecule has 0 bridgehead atoms. The molecule has 9 aromatic carbocycles. The molecule has 64 heavy (non-hydrogen) atoms. The van der Waals surface area contributed by atoms with Crippen LogP contribution in [0.2, 0.25) is 0 Å². The number of benzene rings is 9. The summed E-state index contributed by atoms with van der Waals surface area (Å²) in [6.45, 7) is 2.26. The number of para-hydroxylation sites is 1. The minimum absolute atomic E-state index is 0.399. The smallest absolute Gasteiger partial charge is 0.0648 e. The van der Waals surface area contributed by atoms with Gasteiger partial charge in [0.1, 0.15) is 0 Å². The van der Waals surface area contributed by atoms with E-state index in [0.29, 0.717) is 5.92 Å². The van der Waals surface area contributed by atoms with Gasteiger partial charge in [-0.2, -0.15) is 0 Å². The highest BCUT2D eigenvalue weighted by atomic mass is 15.1. The van der Waals surface area contributed by atoms with E-state index in [0.717, 1.165) is 17.8 Å². The van der Waals surface area contributed by atoms with Crippen LogP contribution < -0.4 is 10.2 Å². The van der Waals surface area contributed by atoms with Crippen molar-refractivity contribution in [3.05, 3.63) is 294 Å². The van der Waals surface area contributed by atoms with Crippen molar-refractivity contribution in [2.24, 2.45) is 5.92 Å². The summed E-state index contributed by atoms with van der Waals surface area (Å²) < 4.78 is 0. The van der Waals surface area contributed by atoms with Gasteiger partial charge in [-0.1, -0.05) is 213 Å². The van der Waals surface area contributed by atoms with Crippen LogP contribution >= 0.6 is 0 Å². The van der Waals surface area contributed by atoms with Gasteiger partial charge in [-0.25, -0.2) is 0 Å². The molecular formula is C62H50N2. The fraction of sp³-hybridized carbons (Fsp3) is 0.0645. The topological polar surface area (TPSA) is 15.3 Å². The van der Waals surface area contributed by atoms with Crippen LogP contribution in [-0.2, 0) is 5.41 Å². The molecule has 0 heterocycles. The van der Waals surface area contributed by atoms with Crippen LogP contribution in [0.5, 0.6) is 0 Å². The summed E-state index contributed by atoms with van der Waals surface area (Å²) in [7, 11) is 0. The first-order chi connectivity index (χ1) is 31.6. The highest BCUT2D eigenvalue weighted by Gasteiger charge is 2.41. The quantitative estimate of drug-likeness (QED) is 0.156. The predicted octanol–water partition coefficient (Wildman–Crippen LogP) is 16.3. The Labute approximate surface area is 377 Å². The molecule has 0 fully saturated rings. The zero-order valence-electron chi connectivity index (χ0n) is 36.1. The number of hydrogen-bond donors (Lipinski definition) is 1. The average Bonchev–Trinajstić information content (AvgIpc) is 3.72. The number of nitrogens with one attached hydrogen (secondary N) is 1. The molecule has 308 valence electrons. The molecule has 0 radical (unpaired) electrons. The summed E-state index contributed by atoms with van der Waals surface area (Å²) >= 11 is 0. The van der Waals surface area contributed by atoms with Gasteiger partial charge in [-0.3, -0.25) is 0 Å². The summed E-state index contributed by atoms with van der Waals surface area (Å²) in [6.07, 6.45) is 10.4. The van der Waals surface area contributed by atoms with Crippen molar-refractivity contribution in [3.63, 3.8) is 0 Å². The van der Waals surface area contributed by atoms with Crippen LogP contribution in [0.25, 0.3) is 27.5 Å². The van der Waals surface area contributed by atoms with E-state index >= 15 is 0 Å². The monoisotopic (exact) mass is 822 g/mol. The van der Waals surface area contributed by atoms with Crippen LogP contribution in [-0.4, -0.2) is 0 Å². The molecule has 0 aliphatic heterocycles. The minimum Gasteiger partial charge on any atom is -0.355 e. The van der Waals surface area contributed by atoms with E-state index in [4.69, 9.17) is 0 Å². The lowest BCUT2D eigenvalue weighted by Gasteiger charge is -2.31. The Balaban J connectivity index is 0.000000163. The molecular weight excluding hydrogens is 773 g/mol. The molecule has 0 aromatic heterocycles. The minimum atomic E-state index is -0.399. The van der Waals surface area contributed by atoms with Crippen molar-refractivity contribution in [1.29, 1.82) is 0 Å². The number of fused-ring (bicyclic) bond motifs is 2. The van der Waals surface area contributed by atoms with E-state index in [1.807, 2.05) is 0 Å². The lowest BCUT2D eigenvalue weighted by Crippen LogP contribution is -2.25. The SMILES string of the molecule is C1=C(c2ccccc2)c2ccc(Nc3ccc4ccccc4c3)cc2C1(c1ccccc1)c1ccccc1.CC1C=CC(N(c2ccccc2)c2ccc(-c3ccccc3)cc2)=CC1. The highest BCUT2D eigenvalue weighted by molar-refractivity contribution is 5.92. The normalized spacial score (nSPS) is 14.7. The van der Waals surface area contributed by atoms with Crippen molar-refractivity contribution in [3.8, 4) is 11.1 Å². The molecule has 11 rings (SSSR count). The maximum atomic E-state index is 3.70. The van der Waals surface area contributed by atoms with Gasteiger partial charge in [-0.05, 0) is 122 Å². The summed E-state index contributed by atoms with van der Waals surface area (Å²) in [5, 5.41) is 6.18. The lowest BCUT2D eigenvalue weighted by molar-refractivity contribution is 0.728. The van der Waals surface area contributed by atoms with Crippen LogP contribution in [0.3, 0.4) is 0 Å². The van der Waals surface area contributed by atoms with Gasteiger partial charge in [0, 0.05) is 28.4 Å². The summed E-state index contributed by atoms with van der Waals surface area (Å²) in [5.41, 5.74) is 15.5. The Morgan fingerprint density at radius 3 is 1.61 bits per heavy atom. The standard InChI is InChI=1S/C37H27N.C25H23N/c1-4-13-28(14-5-1)35-26-37(30-16-6-2-7-17-30,31-18-8-3-9-19-31)36-25-33(22-23-34(35)36)38-32-21-20-27-12-10-11-15-29(27)24-32;1-20-12-16-24(17-13-20)26(23-10-6-3-7-11-23)25-18-14-22(15-19-25)21-8-4-2-5-9-21/h1-26,38H;2-12,14-20H,13H2,1H3. The van der Waals surface area contributed by atoms with Crippen molar-refractivity contribution >= 4 is 39.1 Å². The number of anilines is 4. The van der Waals surface area contributed by atoms with E-state index in [9.17, 15) is 0 Å². The third kappa shape index (κ3) is 8.22. The Morgan fingerprint density at radius 2 is 0.984 bits per heavy atom. The fourth-order valence-corrected chi connectivity index (χ4v) is 9.23. The van der Waals surface area contributed by atoms with Crippen molar-refractivity contribution in [2.75, 3.05) is 10.2 Å². The first-order valence-corrected chi connectivity index (χ1v) is 22.3. The summed E-state index contributed by atoms with van der Waals surface area (Å²) in [4.78, 5) is 2.33. The highest BCUT2D eigenvalue weighted by Crippen LogP contribution is 2.52. The maximum absolute atomic E-state index is 3.70. The second-order valence-electron chi connectivity index (χ2n) is 16.7. The molecule has 1 unspecified atom stereocenters. The van der Waals surface area contributed by atoms with E-state index in [1.54, 1.807) is 0 Å². The molecule has 1 atom stereocenters. The Hall–Kier alpha value is -7.94. The van der Waals surface area contributed by atoms with Crippen molar-refractivity contribution < 1.29 is 0 Å². The lowest BCUT2D eigenvalue weighted by atomic mass is 9.71. The molecule has 2 heteroatoms. The second kappa shape index (κ2) is 18.2. The number of rotatable bonds is 9. The van der Waals surface area contributed by atoms with Crippen LogP contribution in [0, 0.1) is 5.92 Å². The van der Waals surface area contributed by atoms with Crippen LogP contribution in [0.15, 0.2) is 267 Å². The van der Waals surface area contributed by atoms with Gasteiger partial charge in [0.05, 0.1) is 5.41 Å². The van der Waals surface area contributed by atoms with Gasteiger partial charge in [0.2, 0.25) is 0 Å². The Bertz CT molecular complexity index is 3040. The molecule has 1 N–H and O–H groups in total. The molecule has 2 aliphatic carbocycles. The third-order valence-electron chi connectivity index (χ3n) is 12.5. The third-order valence-corrected chi connectivity index (χ3v) is 12.5. The van der Waals surface area contributed by atoms with E-state index in [1.165, 1.54) is 72.4 Å². The second-order valence-corrected chi connectivity index (χ2v) is 16.7.